The van der Waals surface area contributed by atoms with Crippen molar-refractivity contribution in [3.05, 3.63) is 23.8 Å². The van der Waals surface area contributed by atoms with E-state index in [0.29, 0.717) is 5.69 Å². The minimum absolute atomic E-state index is 0.132. The molecule has 1 aromatic carbocycles. The molecule has 0 aliphatic heterocycles. The third kappa shape index (κ3) is 2.71. The molecule has 96 valence electrons. The normalized spacial score (nSPS) is 15.8. The van der Waals surface area contributed by atoms with Gasteiger partial charge in [-0.2, -0.15) is 0 Å². The highest BCUT2D eigenvalue weighted by Gasteiger charge is 2.38. The maximum atomic E-state index is 11.6. The second-order valence-electron chi connectivity index (χ2n) is 4.68. The SMILES string of the molecule is CC1(NC(=O)Nc2ccc(C(=O)O)c(O)c2)CC1. The molecule has 6 nitrogen and oxygen atoms in total. The zero-order valence-corrected chi connectivity index (χ0v) is 9.86. The number of carbonyl (C=O) groups is 2. The predicted octanol–water partition coefficient (Wildman–Crippen LogP) is 1.76. The number of phenols is 1. The number of hydrogen-bond acceptors (Lipinski definition) is 3. The van der Waals surface area contributed by atoms with Gasteiger partial charge in [-0.05, 0) is 31.9 Å². The molecule has 18 heavy (non-hydrogen) atoms. The van der Waals surface area contributed by atoms with E-state index in [1.165, 1.54) is 18.2 Å². The smallest absolute Gasteiger partial charge is 0.339 e. The summed E-state index contributed by atoms with van der Waals surface area (Å²) in [6.07, 6.45) is 1.90. The van der Waals surface area contributed by atoms with Gasteiger partial charge in [0.2, 0.25) is 0 Å². The number of benzene rings is 1. The average Bonchev–Trinajstić information content (AvgIpc) is 2.94. The molecule has 1 aliphatic rings. The first-order valence-corrected chi connectivity index (χ1v) is 5.55. The number of carbonyl (C=O) groups excluding carboxylic acids is 1. The van der Waals surface area contributed by atoms with Crippen LogP contribution >= 0.6 is 0 Å². The van der Waals surface area contributed by atoms with Gasteiger partial charge >= 0.3 is 12.0 Å². The fraction of sp³-hybridized carbons (Fsp3) is 0.333. The van der Waals surface area contributed by atoms with Gasteiger partial charge in [0.25, 0.3) is 0 Å². The third-order valence-electron chi connectivity index (χ3n) is 2.90. The van der Waals surface area contributed by atoms with Gasteiger partial charge in [-0.3, -0.25) is 0 Å². The van der Waals surface area contributed by atoms with Crippen molar-refractivity contribution >= 4 is 17.7 Å². The van der Waals surface area contributed by atoms with E-state index >= 15 is 0 Å². The number of rotatable bonds is 3. The summed E-state index contributed by atoms with van der Waals surface area (Å²) in [5.41, 5.74) is 0.0157. The Hall–Kier alpha value is -2.24. The third-order valence-corrected chi connectivity index (χ3v) is 2.90. The number of aromatic carboxylic acids is 1. The van der Waals surface area contributed by atoms with Gasteiger partial charge in [0.15, 0.2) is 0 Å². The first kappa shape index (κ1) is 12.2. The number of aromatic hydroxyl groups is 1. The zero-order chi connectivity index (χ0) is 13.3. The summed E-state index contributed by atoms with van der Waals surface area (Å²) >= 11 is 0. The van der Waals surface area contributed by atoms with Gasteiger partial charge in [0, 0.05) is 17.3 Å². The summed E-state index contributed by atoms with van der Waals surface area (Å²) in [4.78, 5) is 22.3. The minimum atomic E-state index is -1.21. The van der Waals surface area contributed by atoms with E-state index in [2.05, 4.69) is 10.6 Å². The predicted molar refractivity (Wildman–Crippen MR) is 64.9 cm³/mol. The molecule has 6 heteroatoms. The van der Waals surface area contributed by atoms with Crippen LogP contribution in [0.25, 0.3) is 0 Å². The van der Waals surface area contributed by atoms with Gasteiger partial charge < -0.3 is 20.8 Å². The largest absolute Gasteiger partial charge is 0.507 e. The van der Waals surface area contributed by atoms with Crippen LogP contribution in [0.15, 0.2) is 18.2 Å². The summed E-state index contributed by atoms with van der Waals surface area (Å²) in [6.45, 7) is 1.94. The standard InChI is InChI=1S/C12H14N2O4/c1-12(4-5-12)14-11(18)13-7-2-3-8(10(16)17)9(15)6-7/h2-3,6,15H,4-5H2,1H3,(H,16,17)(H2,13,14,18). The molecular formula is C12H14N2O4. The van der Waals surface area contributed by atoms with E-state index < -0.39 is 5.97 Å². The van der Waals surface area contributed by atoms with E-state index in [9.17, 15) is 14.7 Å². The Morgan fingerprint density at radius 1 is 1.33 bits per heavy atom. The van der Waals surface area contributed by atoms with Crippen molar-refractivity contribution in [1.29, 1.82) is 0 Å². The number of nitrogens with one attached hydrogen (secondary N) is 2. The highest BCUT2D eigenvalue weighted by molar-refractivity contribution is 5.94. The lowest BCUT2D eigenvalue weighted by molar-refractivity contribution is 0.0694. The molecule has 1 aromatic rings. The number of anilines is 1. The van der Waals surface area contributed by atoms with Crippen LogP contribution in [0.3, 0.4) is 0 Å². The van der Waals surface area contributed by atoms with Gasteiger partial charge in [-0.15, -0.1) is 0 Å². The zero-order valence-electron chi connectivity index (χ0n) is 9.86. The van der Waals surface area contributed by atoms with Crippen LogP contribution in [-0.4, -0.2) is 27.8 Å². The molecular weight excluding hydrogens is 236 g/mol. The molecule has 0 aromatic heterocycles. The summed E-state index contributed by atoms with van der Waals surface area (Å²) in [5, 5.41) is 23.5. The molecule has 0 atom stereocenters. The first-order chi connectivity index (χ1) is 8.39. The Bertz CT molecular complexity index is 509. The van der Waals surface area contributed by atoms with E-state index in [4.69, 9.17) is 5.11 Å². The van der Waals surface area contributed by atoms with Crippen LogP contribution < -0.4 is 10.6 Å². The van der Waals surface area contributed by atoms with Crippen molar-refractivity contribution in [2.24, 2.45) is 0 Å². The Morgan fingerprint density at radius 3 is 2.50 bits per heavy atom. The molecule has 4 N–H and O–H groups in total. The summed E-state index contributed by atoms with van der Waals surface area (Å²) in [6, 6.07) is 3.51. The van der Waals surface area contributed by atoms with Gasteiger partial charge in [-0.25, -0.2) is 9.59 Å². The van der Waals surface area contributed by atoms with Crippen molar-refractivity contribution < 1.29 is 19.8 Å². The first-order valence-electron chi connectivity index (χ1n) is 5.55. The van der Waals surface area contributed by atoms with E-state index in [-0.39, 0.29) is 22.9 Å². The molecule has 1 fully saturated rings. The maximum absolute atomic E-state index is 11.6. The molecule has 1 saturated carbocycles. The second-order valence-corrected chi connectivity index (χ2v) is 4.68. The Morgan fingerprint density at radius 2 is 2.00 bits per heavy atom. The van der Waals surface area contributed by atoms with Crippen LogP contribution in [0, 0.1) is 0 Å². The van der Waals surface area contributed by atoms with E-state index in [1.807, 2.05) is 6.92 Å². The molecule has 2 amide bonds. The fourth-order valence-electron chi connectivity index (χ4n) is 1.54. The van der Waals surface area contributed by atoms with Crippen molar-refractivity contribution in [3.63, 3.8) is 0 Å². The van der Waals surface area contributed by atoms with Crippen LogP contribution in [0.4, 0.5) is 10.5 Å². The van der Waals surface area contributed by atoms with Gasteiger partial charge in [-0.1, -0.05) is 0 Å². The molecule has 0 bridgehead atoms. The molecule has 0 spiro atoms. The summed E-state index contributed by atoms with van der Waals surface area (Å²) in [7, 11) is 0. The quantitative estimate of drug-likeness (QED) is 0.657. The van der Waals surface area contributed by atoms with Crippen LogP contribution in [-0.2, 0) is 0 Å². The van der Waals surface area contributed by atoms with E-state index in [1.54, 1.807) is 0 Å². The summed E-state index contributed by atoms with van der Waals surface area (Å²) < 4.78 is 0. The van der Waals surface area contributed by atoms with Crippen LogP contribution in [0.1, 0.15) is 30.1 Å². The molecule has 0 unspecified atom stereocenters. The lowest BCUT2D eigenvalue weighted by Gasteiger charge is -2.13. The highest BCUT2D eigenvalue weighted by atomic mass is 16.4. The van der Waals surface area contributed by atoms with Crippen molar-refractivity contribution in [2.45, 2.75) is 25.3 Å². The van der Waals surface area contributed by atoms with E-state index in [0.717, 1.165) is 12.8 Å². The van der Waals surface area contributed by atoms with Gasteiger partial charge in [0.05, 0.1) is 0 Å². The monoisotopic (exact) mass is 250 g/mol. The second kappa shape index (κ2) is 4.21. The molecule has 0 heterocycles. The van der Waals surface area contributed by atoms with Crippen molar-refractivity contribution in [2.75, 3.05) is 5.32 Å². The van der Waals surface area contributed by atoms with Crippen LogP contribution in [0.2, 0.25) is 0 Å². The van der Waals surface area contributed by atoms with Gasteiger partial charge in [0.1, 0.15) is 11.3 Å². The highest BCUT2D eigenvalue weighted by Crippen LogP contribution is 2.34. The van der Waals surface area contributed by atoms with Crippen molar-refractivity contribution in [1.82, 2.24) is 5.32 Å². The lowest BCUT2D eigenvalue weighted by Crippen LogP contribution is -2.37. The number of amides is 2. The number of carboxylic acids is 1. The van der Waals surface area contributed by atoms with Crippen LogP contribution in [0.5, 0.6) is 5.75 Å². The maximum Gasteiger partial charge on any atom is 0.339 e. The fourth-order valence-corrected chi connectivity index (χ4v) is 1.54. The molecule has 2 rings (SSSR count). The molecule has 0 saturated heterocycles. The number of urea groups is 1. The topological polar surface area (TPSA) is 98.7 Å². The Kier molecular flexibility index (Phi) is 2.86. The summed E-state index contributed by atoms with van der Waals surface area (Å²) in [5.74, 6) is -1.59. The lowest BCUT2D eigenvalue weighted by atomic mass is 10.2. The Labute approximate surface area is 104 Å². The Balaban J connectivity index is 2.03. The number of carboxylic acid groups (broad SMARTS) is 1. The average molecular weight is 250 g/mol. The molecule has 1 aliphatic carbocycles. The van der Waals surface area contributed by atoms with Crippen molar-refractivity contribution in [3.8, 4) is 5.75 Å². The minimum Gasteiger partial charge on any atom is -0.507 e. The number of hydrogen-bond donors (Lipinski definition) is 4. The molecule has 0 radical (unpaired) electrons.